The Labute approximate surface area is 84.1 Å². The molecule has 0 aliphatic carbocycles. The summed E-state index contributed by atoms with van der Waals surface area (Å²) in [5.74, 6) is -0.668. The monoisotopic (exact) mass is 199 g/mol. The fraction of sp³-hybridized carbons (Fsp3) is 0.700. The molecule has 14 heavy (non-hydrogen) atoms. The lowest BCUT2D eigenvalue weighted by atomic mass is 10.1. The summed E-state index contributed by atoms with van der Waals surface area (Å²) >= 11 is 0. The number of hydrogen-bond acceptors (Lipinski definition) is 3. The van der Waals surface area contributed by atoms with Crippen LogP contribution < -0.4 is 5.32 Å². The van der Waals surface area contributed by atoms with Crippen LogP contribution in [0.3, 0.4) is 0 Å². The van der Waals surface area contributed by atoms with Crippen LogP contribution in [0.2, 0.25) is 0 Å². The molecule has 1 amide bonds. The Hall–Kier alpha value is -1.19. The van der Waals surface area contributed by atoms with Gasteiger partial charge in [-0.15, -0.1) is 0 Å². The van der Waals surface area contributed by atoms with Gasteiger partial charge in [-0.2, -0.15) is 0 Å². The van der Waals surface area contributed by atoms with Crippen molar-refractivity contribution in [3.63, 3.8) is 0 Å². The summed E-state index contributed by atoms with van der Waals surface area (Å²) in [6, 6.07) is -0.664. The third-order valence-corrected chi connectivity index (χ3v) is 1.82. The Morgan fingerprint density at radius 1 is 1.14 bits per heavy atom. The van der Waals surface area contributed by atoms with Gasteiger partial charge in [-0.05, 0) is 13.8 Å². The molecule has 0 aliphatic heterocycles. The molecule has 0 bridgehead atoms. The van der Waals surface area contributed by atoms with E-state index in [1.54, 1.807) is 13.8 Å². The Bertz CT molecular complexity index is 246. The number of Topliss-reactive ketones (excluding diaryl/α,β-unsaturated/α-hetero) is 2. The van der Waals surface area contributed by atoms with E-state index in [0.29, 0.717) is 0 Å². The van der Waals surface area contributed by atoms with Gasteiger partial charge in [0.15, 0.2) is 5.78 Å². The van der Waals surface area contributed by atoms with Crippen LogP contribution in [-0.2, 0) is 14.4 Å². The van der Waals surface area contributed by atoms with E-state index in [1.165, 1.54) is 13.8 Å². The lowest BCUT2D eigenvalue weighted by molar-refractivity contribution is -0.130. The number of nitrogens with one attached hydrogen (secondary N) is 1. The zero-order valence-corrected chi connectivity index (χ0v) is 9.09. The molecule has 80 valence electrons. The number of ketones is 2. The molecule has 0 saturated carbocycles. The summed E-state index contributed by atoms with van der Waals surface area (Å²) in [7, 11) is 0. The molecule has 0 rings (SSSR count). The highest BCUT2D eigenvalue weighted by atomic mass is 16.2. The lowest BCUT2D eigenvalue weighted by Crippen LogP contribution is -2.42. The Morgan fingerprint density at radius 3 is 1.93 bits per heavy atom. The smallest absolute Gasteiger partial charge is 0.223 e. The van der Waals surface area contributed by atoms with Gasteiger partial charge in [0.05, 0.1) is 6.04 Å². The molecule has 1 N–H and O–H groups in total. The van der Waals surface area contributed by atoms with E-state index < -0.39 is 6.04 Å². The fourth-order valence-corrected chi connectivity index (χ4v) is 0.922. The van der Waals surface area contributed by atoms with Crippen molar-refractivity contribution in [2.45, 2.75) is 40.2 Å². The normalized spacial score (nSPS) is 12.4. The summed E-state index contributed by atoms with van der Waals surface area (Å²) < 4.78 is 0. The van der Waals surface area contributed by atoms with Crippen LogP contribution in [0, 0.1) is 5.92 Å². The molecule has 0 unspecified atom stereocenters. The molecule has 0 heterocycles. The third-order valence-electron chi connectivity index (χ3n) is 1.82. The van der Waals surface area contributed by atoms with Crippen LogP contribution >= 0.6 is 0 Å². The fourth-order valence-electron chi connectivity index (χ4n) is 0.922. The van der Waals surface area contributed by atoms with Gasteiger partial charge in [0.2, 0.25) is 5.91 Å². The van der Waals surface area contributed by atoms with E-state index in [9.17, 15) is 14.4 Å². The van der Waals surface area contributed by atoms with Crippen molar-refractivity contribution in [2.75, 3.05) is 0 Å². The molecule has 0 saturated heterocycles. The van der Waals surface area contributed by atoms with Crippen LogP contribution in [0.15, 0.2) is 0 Å². The second kappa shape index (κ2) is 5.52. The summed E-state index contributed by atoms with van der Waals surface area (Å²) in [4.78, 5) is 33.1. The maximum atomic E-state index is 11.3. The van der Waals surface area contributed by atoms with Crippen molar-refractivity contribution in [3.8, 4) is 0 Å². The van der Waals surface area contributed by atoms with Gasteiger partial charge < -0.3 is 5.32 Å². The van der Waals surface area contributed by atoms with Crippen molar-refractivity contribution >= 4 is 17.5 Å². The Kier molecular flexibility index (Phi) is 5.05. The van der Waals surface area contributed by atoms with Gasteiger partial charge in [0.1, 0.15) is 5.78 Å². The van der Waals surface area contributed by atoms with Crippen molar-refractivity contribution in [3.05, 3.63) is 0 Å². The second-order valence-electron chi connectivity index (χ2n) is 3.73. The predicted octanol–water partition coefficient (Wildman–Crippen LogP) is 0.695. The van der Waals surface area contributed by atoms with Gasteiger partial charge in [0, 0.05) is 12.3 Å². The molecule has 4 nitrogen and oxygen atoms in total. The van der Waals surface area contributed by atoms with Gasteiger partial charge in [-0.3, -0.25) is 14.4 Å². The third kappa shape index (κ3) is 4.74. The van der Waals surface area contributed by atoms with Gasteiger partial charge in [-0.25, -0.2) is 0 Å². The van der Waals surface area contributed by atoms with E-state index in [1.807, 2.05) is 0 Å². The van der Waals surface area contributed by atoms with Crippen LogP contribution in [0.4, 0.5) is 0 Å². The molecule has 0 aromatic heterocycles. The summed E-state index contributed by atoms with van der Waals surface area (Å²) in [5, 5.41) is 2.54. The van der Waals surface area contributed by atoms with Crippen molar-refractivity contribution in [1.82, 2.24) is 5.32 Å². The number of carbonyl (C=O) groups is 3. The second-order valence-corrected chi connectivity index (χ2v) is 3.73. The highest BCUT2D eigenvalue weighted by molar-refractivity contribution is 5.92. The molecule has 1 atom stereocenters. The molecule has 0 aromatic carbocycles. The minimum absolute atomic E-state index is 0.0772. The number of carbonyl (C=O) groups excluding carboxylic acids is 3. The highest BCUT2D eigenvalue weighted by Crippen LogP contribution is 1.99. The molecule has 0 aromatic rings. The van der Waals surface area contributed by atoms with E-state index in [2.05, 4.69) is 5.32 Å². The lowest BCUT2D eigenvalue weighted by Gasteiger charge is -2.15. The van der Waals surface area contributed by atoms with Gasteiger partial charge in [0.25, 0.3) is 0 Å². The van der Waals surface area contributed by atoms with Crippen LogP contribution in [0.5, 0.6) is 0 Å². The van der Waals surface area contributed by atoms with Crippen LogP contribution in [0.1, 0.15) is 34.1 Å². The maximum Gasteiger partial charge on any atom is 0.223 e. The first-order valence-electron chi connectivity index (χ1n) is 4.64. The molecule has 0 radical (unpaired) electrons. The summed E-state index contributed by atoms with van der Waals surface area (Å²) in [6.07, 6.45) is 0.0772. The first-order valence-corrected chi connectivity index (χ1v) is 4.64. The van der Waals surface area contributed by atoms with Gasteiger partial charge in [-0.1, -0.05) is 13.8 Å². The number of rotatable bonds is 5. The van der Waals surface area contributed by atoms with E-state index in [-0.39, 0.29) is 29.8 Å². The molecule has 0 spiro atoms. The summed E-state index contributed by atoms with van der Waals surface area (Å²) in [5.41, 5.74) is 0. The molecular weight excluding hydrogens is 182 g/mol. The van der Waals surface area contributed by atoms with Crippen molar-refractivity contribution in [2.24, 2.45) is 5.92 Å². The zero-order chi connectivity index (χ0) is 11.3. The molecule has 4 heteroatoms. The quantitative estimate of drug-likeness (QED) is 0.708. The first-order chi connectivity index (χ1) is 6.34. The van der Waals surface area contributed by atoms with Crippen LogP contribution in [-0.4, -0.2) is 23.5 Å². The predicted molar refractivity (Wildman–Crippen MR) is 52.7 cm³/mol. The largest absolute Gasteiger partial charge is 0.346 e. The van der Waals surface area contributed by atoms with E-state index >= 15 is 0 Å². The Morgan fingerprint density at radius 2 is 1.64 bits per heavy atom. The standard InChI is InChI=1S/C10H17NO3/c1-6(2)10(14)11-9(8(4)13)5-7(3)12/h6,9H,5H2,1-4H3,(H,11,14)/t9-/m0/s1. The number of hydrogen-bond donors (Lipinski definition) is 1. The van der Waals surface area contributed by atoms with Gasteiger partial charge >= 0.3 is 0 Å². The van der Waals surface area contributed by atoms with Crippen molar-refractivity contribution in [1.29, 1.82) is 0 Å². The van der Waals surface area contributed by atoms with E-state index in [0.717, 1.165) is 0 Å². The minimum Gasteiger partial charge on any atom is -0.346 e. The van der Waals surface area contributed by atoms with E-state index in [4.69, 9.17) is 0 Å². The molecule has 0 fully saturated rings. The number of amides is 1. The zero-order valence-electron chi connectivity index (χ0n) is 9.09. The van der Waals surface area contributed by atoms with Crippen LogP contribution in [0.25, 0.3) is 0 Å². The highest BCUT2D eigenvalue weighted by Gasteiger charge is 2.19. The molecular formula is C10H17NO3. The average Bonchev–Trinajstić information content (AvgIpc) is 2.01. The first kappa shape index (κ1) is 12.8. The maximum absolute atomic E-state index is 11.3. The summed E-state index contributed by atoms with van der Waals surface area (Å²) in [6.45, 7) is 6.24. The SMILES string of the molecule is CC(=O)C[C@H](NC(=O)C(C)C)C(C)=O. The minimum atomic E-state index is -0.664. The Balaban J connectivity index is 4.31. The van der Waals surface area contributed by atoms with Crippen molar-refractivity contribution < 1.29 is 14.4 Å². The average molecular weight is 199 g/mol. The topological polar surface area (TPSA) is 63.2 Å². The molecule has 0 aliphatic rings.